The van der Waals surface area contributed by atoms with Gasteiger partial charge in [-0.1, -0.05) is 18.2 Å². The van der Waals surface area contributed by atoms with Gasteiger partial charge in [0, 0.05) is 11.8 Å². The SMILES string of the molecule is C=CC(=O)Nc1ccc(Cl)c(OC)c1. The number of amides is 1. The minimum Gasteiger partial charge on any atom is -0.495 e. The summed E-state index contributed by atoms with van der Waals surface area (Å²) >= 11 is 5.81. The summed E-state index contributed by atoms with van der Waals surface area (Å²) in [5.74, 6) is 0.253. The summed E-state index contributed by atoms with van der Waals surface area (Å²) in [7, 11) is 1.51. The number of carbonyl (C=O) groups is 1. The molecule has 14 heavy (non-hydrogen) atoms. The Hall–Kier alpha value is -1.48. The molecule has 1 amide bonds. The van der Waals surface area contributed by atoms with Crippen molar-refractivity contribution in [1.82, 2.24) is 0 Å². The third-order valence-corrected chi connectivity index (χ3v) is 1.92. The van der Waals surface area contributed by atoms with Crippen LogP contribution in [0.5, 0.6) is 5.75 Å². The van der Waals surface area contributed by atoms with Crippen molar-refractivity contribution in [1.29, 1.82) is 0 Å². The minimum atomic E-state index is -0.269. The maximum absolute atomic E-state index is 11.0. The van der Waals surface area contributed by atoms with Gasteiger partial charge in [-0.2, -0.15) is 0 Å². The van der Waals surface area contributed by atoms with Crippen molar-refractivity contribution in [2.24, 2.45) is 0 Å². The fourth-order valence-corrected chi connectivity index (χ4v) is 1.13. The van der Waals surface area contributed by atoms with Gasteiger partial charge in [0.2, 0.25) is 5.91 Å². The minimum absolute atomic E-state index is 0.269. The quantitative estimate of drug-likeness (QED) is 0.780. The lowest BCUT2D eigenvalue weighted by atomic mass is 10.3. The van der Waals surface area contributed by atoms with Crippen molar-refractivity contribution in [3.05, 3.63) is 35.9 Å². The van der Waals surface area contributed by atoms with Gasteiger partial charge in [0.05, 0.1) is 12.1 Å². The van der Waals surface area contributed by atoms with Gasteiger partial charge in [0.25, 0.3) is 0 Å². The zero-order chi connectivity index (χ0) is 10.6. The van der Waals surface area contributed by atoms with Crippen LogP contribution in [0.4, 0.5) is 5.69 Å². The first-order chi connectivity index (χ1) is 6.67. The van der Waals surface area contributed by atoms with E-state index in [2.05, 4.69) is 11.9 Å². The maximum atomic E-state index is 11.0. The van der Waals surface area contributed by atoms with Crippen LogP contribution in [-0.2, 0) is 4.79 Å². The molecule has 1 N–H and O–H groups in total. The topological polar surface area (TPSA) is 38.3 Å². The van der Waals surface area contributed by atoms with Crippen molar-refractivity contribution in [3.8, 4) is 5.75 Å². The molecule has 0 aliphatic rings. The third-order valence-electron chi connectivity index (χ3n) is 1.60. The first-order valence-corrected chi connectivity index (χ1v) is 4.32. The second-order valence-electron chi connectivity index (χ2n) is 2.54. The summed E-state index contributed by atoms with van der Waals surface area (Å²) in [5.41, 5.74) is 0.621. The number of hydrogen-bond donors (Lipinski definition) is 1. The summed E-state index contributed by atoms with van der Waals surface area (Å²) in [4.78, 5) is 11.0. The molecule has 3 nitrogen and oxygen atoms in total. The Labute approximate surface area is 87.3 Å². The van der Waals surface area contributed by atoms with Gasteiger partial charge in [-0.05, 0) is 18.2 Å². The van der Waals surface area contributed by atoms with Gasteiger partial charge in [0.1, 0.15) is 5.75 Å². The van der Waals surface area contributed by atoms with E-state index in [9.17, 15) is 4.79 Å². The Kier molecular flexibility index (Phi) is 3.54. The molecule has 0 saturated carbocycles. The summed E-state index contributed by atoms with van der Waals surface area (Å²) in [5, 5.41) is 3.10. The average molecular weight is 212 g/mol. The molecule has 1 aromatic rings. The zero-order valence-electron chi connectivity index (χ0n) is 7.71. The monoisotopic (exact) mass is 211 g/mol. The van der Waals surface area contributed by atoms with E-state index in [1.165, 1.54) is 13.2 Å². The Morgan fingerprint density at radius 2 is 2.36 bits per heavy atom. The summed E-state index contributed by atoms with van der Waals surface area (Å²) in [6.45, 7) is 3.35. The van der Waals surface area contributed by atoms with Crippen LogP contribution in [0.3, 0.4) is 0 Å². The second-order valence-corrected chi connectivity index (χ2v) is 2.95. The molecule has 1 aromatic carbocycles. The number of benzene rings is 1. The highest BCUT2D eigenvalue weighted by atomic mass is 35.5. The van der Waals surface area contributed by atoms with Gasteiger partial charge in [-0.15, -0.1) is 0 Å². The number of carbonyl (C=O) groups excluding carboxylic acids is 1. The number of rotatable bonds is 3. The second kappa shape index (κ2) is 4.67. The van der Waals surface area contributed by atoms with Crippen molar-refractivity contribution in [3.63, 3.8) is 0 Å². The number of anilines is 1. The lowest BCUT2D eigenvalue weighted by Crippen LogP contribution is -2.07. The first-order valence-electron chi connectivity index (χ1n) is 3.94. The molecule has 0 unspecified atom stereocenters. The summed E-state index contributed by atoms with van der Waals surface area (Å²) in [6, 6.07) is 4.98. The predicted molar refractivity (Wildman–Crippen MR) is 56.8 cm³/mol. The van der Waals surface area contributed by atoms with Crippen molar-refractivity contribution in [2.75, 3.05) is 12.4 Å². The van der Waals surface area contributed by atoms with Gasteiger partial charge in [0.15, 0.2) is 0 Å². The van der Waals surface area contributed by atoms with E-state index in [0.717, 1.165) is 0 Å². The molecule has 1 rings (SSSR count). The predicted octanol–water partition coefficient (Wildman–Crippen LogP) is 2.47. The largest absolute Gasteiger partial charge is 0.495 e. The highest BCUT2D eigenvalue weighted by Crippen LogP contribution is 2.27. The number of halogens is 1. The van der Waals surface area contributed by atoms with Gasteiger partial charge in [-0.3, -0.25) is 4.79 Å². The van der Waals surface area contributed by atoms with E-state index >= 15 is 0 Å². The molecule has 0 heterocycles. The molecule has 0 atom stereocenters. The van der Waals surface area contributed by atoms with Crippen LogP contribution >= 0.6 is 11.6 Å². The van der Waals surface area contributed by atoms with Crippen LogP contribution in [0.1, 0.15) is 0 Å². The van der Waals surface area contributed by atoms with Gasteiger partial charge < -0.3 is 10.1 Å². The normalized spacial score (nSPS) is 9.29. The first kappa shape index (κ1) is 10.6. The fraction of sp³-hybridized carbons (Fsp3) is 0.100. The van der Waals surface area contributed by atoms with E-state index in [0.29, 0.717) is 16.5 Å². The van der Waals surface area contributed by atoms with Crippen molar-refractivity contribution >= 4 is 23.2 Å². The molecule has 0 fully saturated rings. The molecule has 0 saturated heterocycles. The molecule has 0 aliphatic carbocycles. The number of hydrogen-bond acceptors (Lipinski definition) is 2. The molecule has 0 spiro atoms. The lowest BCUT2D eigenvalue weighted by Gasteiger charge is -2.06. The molecule has 74 valence electrons. The zero-order valence-corrected chi connectivity index (χ0v) is 8.47. The van der Waals surface area contributed by atoms with E-state index in [-0.39, 0.29) is 5.91 Å². The van der Waals surface area contributed by atoms with Crippen LogP contribution in [0.15, 0.2) is 30.9 Å². The van der Waals surface area contributed by atoms with E-state index in [1.807, 2.05) is 0 Å². The molecule has 4 heteroatoms. The van der Waals surface area contributed by atoms with Gasteiger partial charge >= 0.3 is 0 Å². The Morgan fingerprint density at radius 3 is 2.93 bits per heavy atom. The molecule has 0 aliphatic heterocycles. The highest BCUT2D eigenvalue weighted by molar-refractivity contribution is 6.32. The Morgan fingerprint density at radius 1 is 1.64 bits per heavy atom. The average Bonchev–Trinajstić information content (AvgIpc) is 2.20. The van der Waals surface area contributed by atoms with E-state index in [1.54, 1.807) is 18.2 Å². The lowest BCUT2D eigenvalue weighted by molar-refractivity contribution is -0.111. The third kappa shape index (κ3) is 2.50. The Bertz CT molecular complexity index is 363. The van der Waals surface area contributed by atoms with Crippen LogP contribution in [0.25, 0.3) is 0 Å². The number of methoxy groups -OCH3 is 1. The molecule has 0 radical (unpaired) electrons. The van der Waals surface area contributed by atoms with Gasteiger partial charge in [-0.25, -0.2) is 0 Å². The smallest absolute Gasteiger partial charge is 0.247 e. The van der Waals surface area contributed by atoms with E-state index < -0.39 is 0 Å². The molecule has 0 aromatic heterocycles. The van der Waals surface area contributed by atoms with Crippen molar-refractivity contribution in [2.45, 2.75) is 0 Å². The molecular weight excluding hydrogens is 202 g/mol. The molecular formula is C10H10ClNO2. The fourth-order valence-electron chi connectivity index (χ4n) is 0.931. The Balaban J connectivity index is 2.89. The highest BCUT2D eigenvalue weighted by Gasteiger charge is 2.02. The number of nitrogens with one attached hydrogen (secondary N) is 1. The maximum Gasteiger partial charge on any atom is 0.247 e. The summed E-state index contributed by atoms with van der Waals surface area (Å²) < 4.78 is 4.99. The summed E-state index contributed by atoms with van der Waals surface area (Å²) in [6.07, 6.45) is 1.20. The van der Waals surface area contributed by atoms with Crippen LogP contribution < -0.4 is 10.1 Å². The van der Waals surface area contributed by atoms with Crippen LogP contribution in [0, 0.1) is 0 Å². The van der Waals surface area contributed by atoms with E-state index in [4.69, 9.17) is 16.3 Å². The number of ether oxygens (including phenoxy) is 1. The van der Waals surface area contributed by atoms with Crippen LogP contribution in [0.2, 0.25) is 5.02 Å². The van der Waals surface area contributed by atoms with Crippen molar-refractivity contribution < 1.29 is 9.53 Å². The molecule has 0 bridgehead atoms. The standard InChI is InChI=1S/C10H10ClNO2/c1-3-10(13)12-7-4-5-8(11)9(6-7)14-2/h3-6H,1H2,2H3,(H,12,13). The van der Waals surface area contributed by atoms with Crippen LogP contribution in [-0.4, -0.2) is 13.0 Å².